The van der Waals surface area contributed by atoms with Crippen molar-refractivity contribution in [3.63, 3.8) is 0 Å². The fourth-order valence-electron chi connectivity index (χ4n) is 0.470. The van der Waals surface area contributed by atoms with Crippen LogP contribution >= 0.6 is 0 Å². The summed E-state index contributed by atoms with van der Waals surface area (Å²) in [6.07, 6.45) is 1.27. The molecule has 0 radical (unpaired) electrons. The largest absolute Gasteiger partial charge is 0.499 e. The lowest BCUT2D eigenvalue weighted by atomic mass is 10.3. The highest BCUT2D eigenvalue weighted by Gasteiger charge is 1.98. The minimum absolute atomic E-state index is 0.216. The summed E-state index contributed by atoms with van der Waals surface area (Å²) < 4.78 is 4.98. The van der Waals surface area contributed by atoms with Crippen molar-refractivity contribution in [3.8, 4) is 0 Å². The number of carboxylic acids is 1. The highest BCUT2D eigenvalue weighted by atomic mass is 16.5. The first-order valence-electron chi connectivity index (χ1n) is 3.70. The Morgan fingerprint density at radius 3 is 2.58 bits per heavy atom. The van der Waals surface area contributed by atoms with E-state index in [9.17, 15) is 4.79 Å². The third kappa shape index (κ3) is 5.73. The number of hydrogen-bond acceptors (Lipinski definition) is 3. The number of hydrogen-bond donors (Lipinski definition) is 1. The van der Waals surface area contributed by atoms with Crippen molar-refractivity contribution in [2.75, 3.05) is 27.2 Å². The summed E-state index contributed by atoms with van der Waals surface area (Å²) in [5.41, 5.74) is 0.216. The maximum atomic E-state index is 10.3. The lowest BCUT2D eigenvalue weighted by molar-refractivity contribution is -0.132. The van der Waals surface area contributed by atoms with E-state index in [0.717, 1.165) is 6.54 Å². The maximum Gasteiger partial charge on any atom is 0.334 e. The second-order valence-electron chi connectivity index (χ2n) is 2.78. The van der Waals surface area contributed by atoms with Gasteiger partial charge in [0.25, 0.3) is 0 Å². The van der Waals surface area contributed by atoms with E-state index in [0.29, 0.717) is 6.61 Å². The number of likely N-dealkylation sites (N-methyl/N-ethyl adjacent to an activating group) is 1. The molecule has 0 spiro atoms. The van der Waals surface area contributed by atoms with Crippen LogP contribution in [0.15, 0.2) is 11.8 Å². The molecule has 0 aliphatic heterocycles. The number of nitrogens with zero attached hydrogens (tertiary/aromatic N) is 1. The van der Waals surface area contributed by atoms with Crippen LogP contribution in [0.5, 0.6) is 0 Å². The van der Waals surface area contributed by atoms with Crippen molar-refractivity contribution in [2.45, 2.75) is 6.92 Å². The standard InChI is InChI=1S/C8H15NO3/c1-7(8(10)11)6-12-5-4-9(2)3/h6H,4-5H2,1-3H3,(H,10,11). The van der Waals surface area contributed by atoms with Crippen molar-refractivity contribution in [3.05, 3.63) is 11.8 Å². The van der Waals surface area contributed by atoms with E-state index in [4.69, 9.17) is 9.84 Å². The molecular formula is C8H15NO3. The zero-order valence-electron chi connectivity index (χ0n) is 7.70. The van der Waals surface area contributed by atoms with Crippen LogP contribution in [0.1, 0.15) is 6.92 Å². The second kappa shape index (κ2) is 5.60. The van der Waals surface area contributed by atoms with Crippen LogP contribution < -0.4 is 0 Å². The van der Waals surface area contributed by atoms with E-state index in [-0.39, 0.29) is 5.57 Å². The average molecular weight is 173 g/mol. The molecule has 0 aromatic heterocycles. The monoisotopic (exact) mass is 173 g/mol. The maximum absolute atomic E-state index is 10.3. The molecule has 0 aliphatic carbocycles. The highest BCUT2D eigenvalue weighted by molar-refractivity contribution is 5.85. The van der Waals surface area contributed by atoms with Crippen LogP contribution in [-0.2, 0) is 9.53 Å². The fourth-order valence-corrected chi connectivity index (χ4v) is 0.470. The predicted molar refractivity (Wildman–Crippen MR) is 45.9 cm³/mol. The zero-order valence-corrected chi connectivity index (χ0v) is 7.70. The van der Waals surface area contributed by atoms with Gasteiger partial charge in [0.2, 0.25) is 0 Å². The number of aliphatic carboxylic acids is 1. The Balaban J connectivity index is 3.54. The van der Waals surface area contributed by atoms with Gasteiger partial charge in [0.1, 0.15) is 0 Å². The molecule has 0 fully saturated rings. The van der Waals surface area contributed by atoms with E-state index in [1.165, 1.54) is 13.2 Å². The van der Waals surface area contributed by atoms with Gasteiger partial charge in [-0.05, 0) is 21.0 Å². The Hall–Kier alpha value is -1.03. The van der Waals surface area contributed by atoms with Gasteiger partial charge in [0, 0.05) is 6.54 Å². The van der Waals surface area contributed by atoms with Gasteiger partial charge in [-0.2, -0.15) is 0 Å². The Bertz CT molecular complexity index is 175. The van der Waals surface area contributed by atoms with Crippen molar-refractivity contribution < 1.29 is 14.6 Å². The minimum atomic E-state index is -0.945. The van der Waals surface area contributed by atoms with Crippen LogP contribution in [0.3, 0.4) is 0 Å². The quantitative estimate of drug-likeness (QED) is 0.375. The molecule has 0 heterocycles. The fraction of sp³-hybridized carbons (Fsp3) is 0.625. The van der Waals surface area contributed by atoms with Gasteiger partial charge in [-0.15, -0.1) is 0 Å². The van der Waals surface area contributed by atoms with Crippen molar-refractivity contribution in [1.82, 2.24) is 4.90 Å². The summed E-state index contributed by atoms with van der Waals surface area (Å²) in [5.74, 6) is -0.945. The van der Waals surface area contributed by atoms with Gasteiger partial charge >= 0.3 is 5.97 Å². The molecule has 70 valence electrons. The summed E-state index contributed by atoms with van der Waals surface area (Å²) >= 11 is 0. The molecular weight excluding hydrogens is 158 g/mol. The van der Waals surface area contributed by atoms with E-state index in [1.54, 1.807) is 0 Å². The second-order valence-corrected chi connectivity index (χ2v) is 2.78. The molecule has 0 aromatic rings. The third-order valence-corrected chi connectivity index (χ3v) is 1.25. The number of carbonyl (C=O) groups is 1. The Kier molecular flexibility index (Phi) is 5.12. The molecule has 0 rings (SSSR count). The molecule has 0 unspecified atom stereocenters. The molecule has 0 amide bonds. The van der Waals surface area contributed by atoms with Crippen LogP contribution in [0.2, 0.25) is 0 Å². The van der Waals surface area contributed by atoms with Crippen molar-refractivity contribution >= 4 is 5.97 Å². The van der Waals surface area contributed by atoms with Crippen LogP contribution in [0.25, 0.3) is 0 Å². The molecule has 0 aliphatic rings. The summed E-state index contributed by atoms with van der Waals surface area (Å²) in [6, 6.07) is 0. The lowest BCUT2D eigenvalue weighted by Gasteiger charge is -2.08. The Morgan fingerprint density at radius 1 is 1.58 bits per heavy atom. The lowest BCUT2D eigenvalue weighted by Crippen LogP contribution is -2.17. The molecule has 12 heavy (non-hydrogen) atoms. The molecule has 0 saturated carbocycles. The van der Waals surface area contributed by atoms with Gasteiger partial charge in [0.05, 0.1) is 18.4 Å². The number of carboxylic acid groups (broad SMARTS) is 1. The minimum Gasteiger partial charge on any atom is -0.499 e. The van der Waals surface area contributed by atoms with E-state index >= 15 is 0 Å². The first-order chi connectivity index (χ1) is 5.54. The van der Waals surface area contributed by atoms with Gasteiger partial charge in [-0.3, -0.25) is 0 Å². The molecule has 4 nitrogen and oxygen atoms in total. The van der Waals surface area contributed by atoms with Crippen LogP contribution in [0, 0.1) is 0 Å². The number of ether oxygens (including phenoxy) is 1. The van der Waals surface area contributed by atoms with Gasteiger partial charge in [-0.1, -0.05) is 0 Å². The molecule has 0 aromatic carbocycles. The van der Waals surface area contributed by atoms with E-state index in [2.05, 4.69) is 0 Å². The first kappa shape index (κ1) is 11.0. The smallest absolute Gasteiger partial charge is 0.334 e. The first-order valence-corrected chi connectivity index (χ1v) is 3.70. The summed E-state index contributed by atoms with van der Waals surface area (Å²) in [5, 5.41) is 8.43. The van der Waals surface area contributed by atoms with E-state index < -0.39 is 5.97 Å². The SMILES string of the molecule is CC(=COCCN(C)C)C(=O)O. The molecule has 0 bridgehead atoms. The van der Waals surface area contributed by atoms with Crippen molar-refractivity contribution in [1.29, 1.82) is 0 Å². The molecule has 0 saturated heterocycles. The van der Waals surface area contributed by atoms with Crippen LogP contribution in [-0.4, -0.2) is 43.2 Å². The summed E-state index contributed by atoms with van der Waals surface area (Å²) in [7, 11) is 3.86. The van der Waals surface area contributed by atoms with E-state index in [1.807, 2.05) is 19.0 Å². The van der Waals surface area contributed by atoms with Crippen molar-refractivity contribution in [2.24, 2.45) is 0 Å². The topological polar surface area (TPSA) is 49.8 Å². The summed E-state index contributed by atoms with van der Waals surface area (Å²) in [6.45, 7) is 2.79. The Labute approximate surface area is 72.4 Å². The van der Waals surface area contributed by atoms with Gasteiger partial charge in [0.15, 0.2) is 0 Å². The van der Waals surface area contributed by atoms with Gasteiger partial charge < -0.3 is 14.7 Å². The van der Waals surface area contributed by atoms with Gasteiger partial charge in [-0.25, -0.2) is 4.79 Å². The molecule has 0 atom stereocenters. The molecule has 1 N–H and O–H groups in total. The zero-order chi connectivity index (χ0) is 9.56. The Morgan fingerprint density at radius 2 is 2.17 bits per heavy atom. The summed E-state index contributed by atoms with van der Waals surface area (Å²) in [4.78, 5) is 12.2. The van der Waals surface area contributed by atoms with Crippen LogP contribution in [0.4, 0.5) is 0 Å². The highest BCUT2D eigenvalue weighted by Crippen LogP contribution is 1.92. The third-order valence-electron chi connectivity index (χ3n) is 1.25. The average Bonchev–Trinajstić information content (AvgIpc) is 1.97. The normalized spacial score (nSPS) is 11.8. The molecule has 4 heteroatoms. The number of rotatable bonds is 5. The predicted octanol–water partition coefficient (Wildman–Crippen LogP) is 0.553.